The van der Waals surface area contributed by atoms with E-state index in [4.69, 9.17) is 0 Å². The summed E-state index contributed by atoms with van der Waals surface area (Å²) in [4.78, 5) is 18.9. The maximum absolute atomic E-state index is 12.5. The molecule has 124 valence electrons. The normalized spacial score (nSPS) is 17.7. The lowest BCUT2D eigenvalue weighted by Gasteiger charge is -2.31. The minimum absolute atomic E-state index is 0. The van der Waals surface area contributed by atoms with Gasteiger partial charge in [-0.15, -0.1) is 23.7 Å². The third-order valence-electron chi connectivity index (χ3n) is 3.90. The van der Waals surface area contributed by atoms with Gasteiger partial charge in [0.2, 0.25) is 0 Å². The number of nitrogens with one attached hydrogen (secondary N) is 1. The van der Waals surface area contributed by atoms with Crippen LogP contribution in [0.4, 0.5) is 0 Å². The molecule has 0 bridgehead atoms. The average molecular weight is 352 g/mol. The second-order valence-corrected chi connectivity index (χ2v) is 6.84. The first-order valence-corrected chi connectivity index (χ1v) is 8.52. The van der Waals surface area contributed by atoms with Crippen LogP contribution in [0.2, 0.25) is 0 Å². The topological polar surface area (TPSA) is 45.2 Å². The van der Waals surface area contributed by atoms with Crippen molar-refractivity contribution >= 4 is 29.7 Å². The van der Waals surface area contributed by atoms with Crippen LogP contribution in [0.1, 0.15) is 33.5 Å². The number of carbonyl (C=O) groups is 1. The smallest absolute Gasteiger partial charge is 0.273 e. The molecular weight excluding hydrogens is 330 g/mol. The molecule has 0 spiro atoms. The molecule has 6 heteroatoms. The van der Waals surface area contributed by atoms with Crippen LogP contribution >= 0.6 is 23.7 Å². The van der Waals surface area contributed by atoms with E-state index in [0.717, 1.165) is 31.1 Å². The van der Waals surface area contributed by atoms with Crippen molar-refractivity contribution in [2.24, 2.45) is 0 Å². The van der Waals surface area contributed by atoms with Crippen LogP contribution in [0.3, 0.4) is 0 Å². The summed E-state index contributed by atoms with van der Waals surface area (Å²) >= 11 is 1.57. The summed E-state index contributed by atoms with van der Waals surface area (Å²) in [6.07, 6.45) is 0.788. The molecule has 1 amide bonds. The summed E-state index contributed by atoms with van der Waals surface area (Å²) in [5.74, 6) is 0.0553. The van der Waals surface area contributed by atoms with Crippen molar-refractivity contribution < 1.29 is 4.79 Å². The zero-order valence-corrected chi connectivity index (χ0v) is 15.0. The second kappa shape index (κ2) is 7.90. The highest BCUT2D eigenvalue weighted by molar-refractivity contribution is 7.09. The van der Waals surface area contributed by atoms with Gasteiger partial charge >= 0.3 is 0 Å². The van der Waals surface area contributed by atoms with Crippen molar-refractivity contribution in [1.29, 1.82) is 0 Å². The van der Waals surface area contributed by atoms with Gasteiger partial charge in [0.25, 0.3) is 5.91 Å². The van der Waals surface area contributed by atoms with E-state index in [1.807, 2.05) is 10.3 Å². The van der Waals surface area contributed by atoms with Crippen molar-refractivity contribution in [3.05, 3.63) is 51.5 Å². The number of nitrogens with zero attached hydrogens (tertiary/aromatic N) is 2. The van der Waals surface area contributed by atoms with Gasteiger partial charge in [-0.3, -0.25) is 4.79 Å². The highest BCUT2D eigenvalue weighted by Gasteiger charge is 2.23. The highest BCUT2D eigenvalue weighted by Crippen LogP contribution is 2.17. The fraction of sp³-hybridized carbons (Fsp3) is 0.412. The Morgan fingerprint density at radius 1 is 1.39 bits per heavy atom. The van der Waals surface area contributed by atoms with Crippen molar-refractivity contribution in [1.82, 2.24) is 15.2 Å². The maximum atomic E-state index is 12.5. The number of carbonyl (C=O) groups excluding carboxylic acids is 1. The molecule has 1 aromatic heterocycles. The zero-order chi connectivity index (χ0) is 15.5. The van der Waals surface area contributed by atoms with Crippen LogP contribution in [0.25, 0.3) is 0 Å². The summed E-state index contributed by atoms with van der Waals surface area (Å²) in [5, 5.41) is 6.23. The first-order chi connectivity index (χ1) is 10.6. The molecule has 1 aromatic carbocycles. The maximum Gasteiger partial charge on any atom is 0.273 e. The molecule has 1 saturated heterocycles. The molecule has 2 aromatic rings. The Balaban J connectivity index is 0.00000192. The molecule has 4 nitrogen and oxygen atoms in total. The number of hydrogen-bond donors (Lipinski definition) is 1. The quantitative estimate of drug-likeness (QED) is 0.924. The van der Waals surface area contributed by atoms with E-state index in [0.29, 0.717) is 11.7 Å². The monoisotopic (exact) mass is 351 g/mol. The molecule has 0 saturated carbocycles. The molecule has 1 fully saturated rings. The van der Waals surface area contributed by atoms with Crippen molar-refractivity contribution in [2.75, 3.05) is 19.6 Å². The van der Waals surface area contributed by atoms with Gasteiger partial charge in [0.05, 0.1) is 5.01 Å². The Morgan fingerprint density at radius 3 is 2.83 bits per heavy atom. The molecule has 1 aliphatic heterocycles. The fourth-order valence-electron chi connectivity index (χ4n) is 2.65. The molecule has 1 atom stereocenters. The first kappa shape index (κ1) is 17.9. The van der Waals surface area contributed by atoms with Gasteiger partial charge < -0.3 is 10.2 Å². The van der Waals surface area contributed by atoms with Gasteiger partial charge in [-0.1, -0.05) is 29.8 Å². The number of piperazine rings is 1. The van der Waals surface area contributed by atoms with E-state index in [1.165, 1.54) is 11.1 Å². The number of hydrogen-bond acceptors (Lipinski definition) is 4. The van der Waals surface area contributed by atoms with Crippen LogP contribution in [0.15, 0.2) is 29.6 Å². The fourth-order valence-corrected chi connectivity index (χ4v) is 3.45. The van der Waals surface area contributed by atoms with Gasteiger partial charge in [0.15, 0.2) is 0 Å². The highest BCUT2D eigenvalue weighted by atomic mass is 35.5. The van der Waals surface area contributed by atoms with E-state index in [2.05, 4.69) is 48.4 Å². The first-order valence-electron chi connectivity index (χ1n) is 7.64. The molecule has 1 aliphatic rings. The molecule has 0 unspecified atom stereocenters. The third kappa shape index (κ3) is 4.53. The standard InChI is InChI=1S/C17H21N3OS.ClH/c1-12-3-5-14(6-4-12)9-16-19-15(11-22-16)17(21)20-8-7-18-13(2)10-20;/h3-6,11,13,18H,7-10H2,1-2H3;1H/t13-;/m1./s1. The summed E-state index contributed by atoms with van der Waals surface area (Å²) < 4.78 is 0. The summed E-state index contributed by atoms with van der Waals surface area (Å²) in [5.41, 5.74) is 3.07. The molecule has 1 N–H and O–H groups in total. The van der Waals surface area contributed by atoms with Crippen LogP contribution in [-0.2, 0) is 6.42 Å². The lowest BCUT2D eigenvalue weighted by molar-refractivity contribution is 0.0704. The van der Waals surface area contributed by atoms with Crippen LogP contribution in [0.5, 0.6) is 0 Å². The van der Waals surface area contributed by atoms with E-state index in [-0.39, 0.29) is 18.3 Å². The van der Waals surface area contributed by atoms with Gasteiger partial charge in [-0.2, -0.15) is 0 Å². The predicted molar refractivity (Wildman–Crippen MR) is 96.7 cm³/mol. The number of aryl methyl sites for hydroxylation is 1. The Kier molecular flexibility index (Phi) is 6.16. The Labute approximate surface area is 147 Å². The number of rotatable bonds is 3. The Bertz CT molecular complexity index is 656. The molecule has 23 heavy (non-hydrogen) atoms. The zero-order valence-electron chi connectivity index (χ0n) is 13.4. The van der Waals surface area contributed by atoms with Gasteiger partial charge in [-0.25, -0.2) is 4.98 Å². The van der Waals surface area contributed by atoms with Crippen molar-refractivity contribution in [2.45, 2.75) is 26.3 Å². The minimum atomic E-state index is 0. The van der Waals surface area contributed by atoms with Crippen LogP contribution in [0, 0.1) is 6.92 Å². The van der Waals surface area contributed by atoms with Gasteiger partial charge in [0.1, 0.15) is 5.69 Å². The summed E-state index contributed by atoms with van der Waals surface area (Å²) in [7, 11) is 0. The lowest BCUT2D eigenvalue weighted by atomic mass is 10.1. The molecule has 0 aliphatic carbocycles. The largest absolute Gasteiger partial charge is 0.334 e. The number of aromatic nitrogens is 1. The SMILES string of the molecule is Cc1ccc(Cc2nc(C(=O)N3CCN[C@H](C)C3)cs2)cc1.Cl. The third-order valence-corrected chi connectivity index (χ3v) is 4.75. The Hall–Kier alpha value is -1.43. The van der Waals surface area contributed by atoms with Crippen molar-refractivity contribution in [3.8, 4) is 0 Å². The Morgan fingerprint density at radius 2 is 2.13 bits per heavy atom. The summed E-state index contributed by atoms with van der Waals surface area (Å²) in [6.45, 7) is 6.55. The molecule has 3 rings (SSSR count). The summed E-state index contributed by atoms with van der Waals surface area (Å²) in [6, 6.07) is 8.81. The number of benzene rings is 1. The van der Waals surface area contributed by atoms with E-state index in [9.17, 15) is 4.79 Å². The molecule has 0 radical (unpaired) electrons. The minimum Gasteiger partial charge on any atom is -0.334 e. The molecular formula is C17H22ClN3OS. The van der Waals surface area contributed by atoms with Crippen LogP contribution < -0.4 is 5.32 Å². The van der Waals surface area contributed by atoms with Gasteiger partial charge in [0, 0.05) is 37.5 Å². The number of amides is 1. The van der Waals surface area contributed by atoms with Gasteiger partial charge in [-0.05, 0) is 19.4 Å². The predicted octanol–water partition coefficient (Wildman–Crippen LogP) is 2.90. The van der Waals surface area contributed by atoms with Crippen LogP contribution in [-0.4, -0.2) is 41.5 Å². The molecule has 2 heterocycles. The number of halogens is 1. The lowest BCUT2D eigenvalue weighted by Crippen LogP contribution is -2.51. The second-order valence-electron chi connectivity index (χ2n) is 5.90. The van der Waals surface area contributed by atoms with E-state index in [1.54, 1.807) is 11.3 Å². The average Bonchev–Trinajstić information content (AvgIpc) is 2.97. The van der Waals surface area contributed by atoms with E-state index < -0.39 is 0 Å². The van der Waals surface area contributed by atoms with E-state index >= 15 is 0 Å². The number of thiazole rings is 1. The van der Waals surface area contributed by atoms with Crippen molar-refractivity contribution in [3.63, 3.8) is 0 Å².